The number of aromatic nitrogens is 1. The van der Waals surface area contributed by atoms with Crippen LogP contribution < -0.4 is 0 Å². The third-order valence-electron chi connectivity index (χ3n) is 4.76. The van der Waals surface area contributed by atoms with E-state index in [-0.39, 0.29) is 6.61 Å². The summed E-state index contributed by atoms with van der Waals surface area (Å²) in [5, 5.41) is 9.99. The van der Waals surface area contributed by atoms with Crippen LogP contribution in [0.15, 0.2) is 24.3 Å². The van der Waals surface area contributed by atoms with Gasteiger partial charge >= 0.3 is 6.09 Å². The fourth-order valence-corrected chi connectivity index (χ4v) is 3.47. The molecule has 0 aliphatic carbocycles. The maximum Gasteiger partial charge on any atom is 0.419 e. The van der Waals surface area contributed by atoms with Crippen molar-refractivity contribution >= 4 is 17.0 Å². The second-order valence-electron chi connectivity index (χ2n) is 8.12. The van der Waals surface area contributed by atoms with Gasteiger partial charge in [0.15, 0.2) is 0 Å². The predicted octanol–water partition coefficient (Wildman–Crippen LogP) is 2.59. The van der Waals surface area contributed by atoms with Crippen LogP contribution in [0.3, 0.4) is 0 Å². The summed E-state index contributed by atoms with van der Waals surface area (Å²) < 4.78 is 6.89. The van der Waals surface area contributed by atoms with Gasteiger partial charge in [0.2, 0.25) is 0 Å². The van der Waals surface area contributed by atoms with Crippen molar-refractivity contribution in [3.05, 3.63) is 42.4 Å². The number of piperazine rings is 1. The first-order chi connectivity index (χ1) is 12.8. The van der Waals surface area contributed by atoms with Gasteiger partial charge in [-0.25, -0.2) is 9.36 Å². The van der Waals surface area contributed by atoms with Gasteiger partial charge in [-0.1, -0.05) is 6.07 Å². The molecular weight excluding hydrogens is 342 g/mol. The van der Waals surface area contributed by atoms with Crippen LogP contribution in [0.4, 0.5) is 4.79 Å². The van der Waals surface area contributed by atoms with Crippen LogP contribution in [-0.2, 0) is 11.3 Å². The maximum atomic E-state index is 12.5. The number of rotatable bonds is 4. The highest BCUT2D eigenvalue weighted by Crippen LogP contribution is 2.23. The van der Waals surface area contributed by atoms with E-state index >= 15 is 0 Å². The quantitative estimate of drug-likeness (QED) is 0.895. The fourth-order valence-electron chi connectivity index (χ4n) is 3.47. The second-order valence-corrected chi connectivity index (χ2v) is 8.12. The molecule has 1 aromatic heterocycles. The number of benzene rings is 1. The fraction of sp³-hybridized carbons (Fsp3) is 0.524. The van der Waals surface area contributed by atoms with E-state index in [1.165, 1.54) is 10.1 Å². The highest BCUT2D eigenvalue weighted by atomic mass is 16.6. The van der Waals surface area contributed by atoms with Crippen LogP contribution in [-0.4, -0.2) is 70.5 Å². The zero-order chi connectivity index (χ0) is 19.6. The molecule has 1 aromatic carbocycles. The van der Waals surface area contributed by atoms with E-state index < -0.39 is 11.7 Å². The van der Waals surface area contributed by atoms with Crippen molar-refractivity contribution < 1.29 is 14.6 Å². The summed E-state index contributed by atoms with van der Waals surface area (Å²) in [6.07, 6.45) is -0.456. The molecule has 2 heterocycles. The molecule has 1 fully saturated rings. The van der Waals surface area contributed by atoms with Crippen LogP contribution in [0.25, 0.3) is 10.9 Å². The Morgan fingerprint density at radius 2 is 1.81 bits per heavy atom. The van der Waals surface area contributed by atoms with Crippen molar-refractivity contribution in [2.45, 2.75) is 32.9 Å². The number of carbonyl (C=O) groups is 1. The van der Waals surface area contributed by atoms with E-state index in [2.05, 4.69) is 15.9 Å². The minimum Gasteiger partial charge on any atom is -0.443 e. The Kier molecular flexibility index (Phi) is 5.89. The number of fused-ring (bicyclic) bond motifs is 1. The zero-order valence-corrected chi connectivity index (χ0v) is 16.4. The number of hydrogen-bond donors (Lipinski definition) is 1. The van der Waals surface area contributed by atoms with Crippen LogP contribution in [0.5, 0.6) is 0 Å². The van der Waals surface area contributed by atoms with Crippen molar-refractivity contribution in [2.24, 2.45) is 0 Å². The molecule has 1 saturated heterocycles. The van der Waals surface area contributed by atoms with E-state index in [4.69, 9.17) is 16.8 Å². The average molecular weight is 371 g/mol. The topological polar surface area (TPSA) is 57.9 Å². The summed E-state index contributed by atoms with van der Waals surface area (Å²) >= 11 is 0. The molecule has 0 bridgehead atoms. The Hall–Kier alpha value is -1.89. The SMILES string of the molecule is [CH]c1cc2cc(CN3CCN(CCO)CC3)ccc2n1C(=O)OC(C)(C)C. The van der Waals surface area contributed by atoms with Gasteiger partial charge in [0.25, 0.3) is 0 Å². The van der Waals surface area contributed by atoms with E-state index in [0.717, 1.165) is 50.2 Å². The summed E-state index contributed by atoms with van der Waals surface area (Å²) in [6.45, 7) is 17.3. The van der Waals surface area contributed by atoms with Gasteiger partial charge < -0.3 is 9.84 Å². The molecule has 0 atom stereocenters. The van der Waals surface area contributed by atoms with Gasteiger partial charge in [-0.15, -0.1) is 0 Å². The molecule has 146 valence electrons. The van der Waals surface area contributed by atoms with E-state index in [1.54, 1.807) is 0 Å². The third kappa shape index (κ3) is 4.89. The molecule has 6 heteroatoms. The van der Waals surface area contributed by atoms with Gasteiger partial charge in [0, 0.05) is 57.3 Å². The van der Waals surface area contributed by atoms with Crippen molar-refractivity contribution in [1.29, 1.82) is 0 Å². The first-order valence-corrected chi connectivity index (χ1v) is 9.45. The number of aliphatic hydroxyl groups excluding tert-OH is 1. The Morgan fingerprint density at radius 1 is 1.15 bits per heavy atom. The highest BCUT2D eigenvalue weighted by Gasteiger charge is 2.21. The minimum absolute atomic E-state index is 0.215. The van der Waals surface area contributed by atoms with Gasteiger partial charge in [-0.2, -0.15) is 0 Å². The van der Waals surface area contributed by atoms with Crippen molar-refractivity contribution in [3.63, 3.8) is 0 Å². The molecule has 27 heavy (non-hydrogen) atoms. The van der Waals surface area contributed by atoms with Gasteiger partial charge in [-0.05, 0) is 44.5 Å². The number of carbonyl (C=O) groups excluding carboxylic acids is 1. The smallest absolute Gasteiger partial charge is 0.419 e. The molecule has 6 nitrogen and oxygen atoms in total. The standard InChI is InChI=1S/C21H29N3O3/c1-16-13-18-14-17(15-23-9-7-22(8-10-23)11-12-25)5-6-19(18)24(16)20(26)27-21(2,3)4/h1,5-6,13-14,25H,7-12,15H2,2-4H3. The lowest BCUT2D eigenvalue weighted by atomic mass is 10.1. The zero-order valence-electron chi connectivity index (χ0n) is 16.4. The van der Waals surface area contributed by atoms with E-state index in [9.17, 15) is 4.79 Å². The molecule has 3 rings (SSSR count). The van der Waals surface area contributed by atoms with E-state index in [0.29, 0.717) is 5.69 Å². The lowest BCUT2D eigenvalue weighted by molar-refractivity contribution is 0.0543. The lowest BCUT2D eigenvalue weighted by Crippen LogP contribution is -2.46. The Labute approximate surface area is 161 Å². The minimum atomic E-state index is -0.571. The van der Waals surface area contributed by atoms with Crippen LogP contribution in [0, 0.1) is 6.92 Å². The van der Waals surface area contributed by atoms with Crippen molar-refractivity contribution in [1.82, 2.24) is 14.4 Å². The summed E-state index contributed by atoms with van der Waals surface area (Å²) in [6, 6.07) is 7.89. The van der Waals surface area contributed by atoms with Gasteiger partial charge in [0.1, 0.15) is 5.60 Å². The Morgan fingerprint density at radius 3 is 2.44 bits per heavy atom. The number of hydrogen-bond acceptors (Lipinski definition) is 5. The molecule has 0 saturated carbocycles. The normalized spacial score (nSPS) is 16.8. The second kappa shape index (κ2) is 8.00. The van der Waals surface area contributed by atoms with Crippen molar-refractivity contribution in [3.8, 4) is 0 Å². The summed E-state index contributed by atoms with van der Waals surface area (Å²) in [7, 11) is 0. The largest absolute Gasteiger partial charge is 0.443 e. The molecule has 2 aromatic rings. The molecular formula is C21H29N3O3. The monoisotopic (exact) mass is 371 g/mol. The number of ether oxygens (including phenoxy) is 1. The molecule has 0 spiro atoms. The van der Waals surface area contributed by atoms with Gasteiger partial charge in [-0.3, -0.25) is 9.80 Å². The van der Waals surface area contributed by atoms with Gasteiger partial charge in [0.05, 0.1) is 12.1 Å². The summed E-state index contributed by atoms with van der Waals surface area (Å²) in [4.78, 5) is 17.2. The third-order valence-corrected chi connectivity index (χ3v) is 4.76. The molecule has 0 amide bonds. The Balaban J connectivity index is 1.72. The molecule has 2 radical (unpaired) electrons. The number of aliphatic hydroxyl groups is 1. The predicted molar refractivity (Wildman–Crippen MR) is 106 cm³/mol. The highest BCUT2D eigenvalue weighted by molar-refractivity contribution is 5.91. The molecule has 1 aliphatic rings. The van der Waals surface area contributed by atoms with E-state index in [1.807, 2.05) is 39.0 Å². The first-order valence-electron chi connectivity index (χ1n) is 9.45. The first kappa shape index (κ1) is 19.9. The lowest BCUT2D eigenvalue weighted by Gasteiger charge is -2.34. The number of nitrogens with zero attached hydrogens (tertiary/aromatic N) is 3. The van der Waals surface area contributed by atoms with Crippen LogP contribution >= 0.6 is 0 Å². The number of β-amino-alcohol motifs (C(OH)–C–C–N with tert-alkyl or cyclic N) is 1. The summed E-state index contributed by atoms with van der Waals surface area (Å²) in [5.41, 5.74) is 1.77. The molecule has 1 aliphatic heterocycles. The molecule has 1 N–H and O–H groups in total. The summed E-state index contributed by atoms with van der Waals surface area (Å²) in [5.74, 6) is 0. The average Bonchev–Trinajstić information content (AvgIpc) is 2.90. The van der Waals surface area contributed by atoms with Crippen molar-refractivity contribution in [2.75, 3.05) is 39.3 Å². The maximum absolute atomic E-state index is 12.5. The Bertz CT molecular complexity index is 799. The van der Waals surface area contributed by atoms with Crippen LogP contribution in [0.2, 0.25) is 0 Å². The molecule has 0 unspecified atom stereocenters. The van der Waals surface area contributed by atoms with Crippen LogP contribution in [0.1, 0.15) is 32.0 Å².